The molecule has 3 heteroatoms. The van der Waals surface area contributed by atoms with Crippen LogP contribution >= 0.6 is 0 Å². The first-order valence-corrected chi connectivity index (χ1v) is 7.86. The minimum atomic E-state index is 0.158. The Hall–Kier alpha value is -1.06. The van der Waals surface area contributed by atoms with Crippen LogP contribution in [-0.4, -0.2) is 38.6 Å². The van der Waals surface area contributed by atoms with Crippen LogP contribution < -0.4 is 10.6 Å². The number of para-hydroxylation sites is 1. The molecule has 1 aromatic carbocycles. The summed E-state index contributed by atoms with van der Waals surface area (Å²) in [6, 6.07) is 8.82. The van der Waals surface area contributed by atoms with Crippen LogP contribution in [0.4, 0.5) is 5.69 Å². The predicted molar refractivity (Wildman–Crippen MR) is 87.2 cm³/mol. The van der Waals surface area contributed by atoms with Gasteiger partial charge < -0.3 is 15.5 Å². The van der Waals surface area contributed by atoms with E-state index in [1.165, 1.54) is 30.6 Å². The van der Waals surface area contributed by atoms with Crippen molar-refractivity contribution in [3.8, 4) is 0 Å². The third-order valence-electron chi connectivity index (χ3n) is 4.35. The first kappa shape index (κ1) is 15.3. The van der Waals surface area contributed by atoms with Gasteiger partial charge in [-0.1, -0.05) is 25.1 Å². The second kappa shape index (κ2) is 7.09. The highest BCUT2D eigenvalue weighted by molar-refractivity contribution is 5.55. The summed E-state index contributed by atoms with van der Waals surface area (Å²) in [5.74, 6) is 0.841. The predicted octanol–water partition coefficient (Wildman–Crippen LogP) is 2.87. The lowest BCUT2D eigenvalue weighted by Crippen LogP contribution is -2.37. The van der Waals surface area contributed by atoms with E-state index in [1.807, 2.05) is 0 Å². The number of benzene rings is 1. The van der Waals surface area contributed by atoms with E-state index in [0.29, 0.717) is 0 Å². The molecule has 1 saturated heterocycles. The minimum absolute atomic E-state index is 0.158. The molecule has 20 heavy (non-hydrogen) atoms. The molecule has 3 nitrogen and oxygen atoms in total. The van der Waals surface area contributed by atoms with Gasteiger partial charge in [-0.2, -0.15) is 0 Å². The van der Waals surface area contributed by atoms with E-state index < -0.39 is 0 Å². The van der Waals surface area contributed by atoms with Gasteiger partial charge in [-0.15, -0.1) is 0 Å². The van der Waals surface area contributed by atoms with Crippen molar-refractivity contribution in [3.63, 3.8) is 0 Å². The summed E-state index contributed by atoms with van der Waals surface area (Å²) < 4.78 is 0. The number of anilines is 1. The fourth-order valence-electron chi connectivity index (χ4n) is 3.18. The Bertz CT molecular complexity index is 408. The number of hydrogen-bond donors (Lipinski definition) is 1. The lowest BCUT2D eigenvalue weighted by molar-refractivity contribution is 0.285. The van der Waals surface area contributed by atoms with E-state index in [4.69, 9.17) is 5.73 Å². The topological polar surface area (TPSA) is 32.5 Å². The number of rotatable bonds is 5. The van der Waals surface area contributed by atoms with Crippen LogP contribution in [0.15, 0.2) is 24.3 Å². The molecule has 2 N–H and O–H groups in total. The van der Waals surface area contributed by atoms with Crippen LogP contribution in [0, 0.1) is 5.92 Å². The van der Waals surface area contributed by atoms with Crippen molar-refractivity contribution in [2.45, 2.75) is 32.2 Å². The van der Waals surface area contributed by atoms with Crippen LogP contribution in [0.1, 0.15) is 37.8 Å². The molecular weight excluding hydrogens is 246 g/mol. The zero-order chi connectivity index (χ0) is 14.5. The Labute approximate surface area is 123 Å². The van der Waals surface area contributed by atoms with Crippen LogP contribution in [0.5, 0.6) is 0 Å². The SMILES string of the molecule is CC[C@@H](N)c1ccccc1N1CCC(CN(C)C)CC1. The van der Waals surface area contributed by atoms with Gasteiger partial charge in [-0.05, 0) is 50.9 Å². The molecule has 0 spiro atoms. The highest BCUT2D eigenvalue weighted by atomic mass is 15.1. The van der Waals surface area contributed by atoms with E-state index in [1.54, 1.807) is 0 Å². The van der Waals surface area contributed by atoms with Gasteiger partial charge in [0.05, 0.1) is 0 Å². The monoisotopic (exact) mass is 275 g/mol. The summed E-state index contributed by atoms with van der Waals surface area (Å²) in [5.41, 5.74) is 8.92. The molecule has 2 rings (SSSR count). The van der Waals surface area contributed by atoms with Crippen LogP contribution in [0.3, 0.4) is 0 Å². The summed E-state index contributed by atoms with van der Waals surface area (Å²) in [4.78, 5) is 4.83. The number of nitrogens with two attached hydrogens (primary N) is 1. The van der Waals surface area contributed by atoms with Crippen LogP contribution in [0.2, 0.25) is 0 Å². The maximum Gasteiger partial charge on any atom is 0.0414 e. The Morgan fingerprint density at radius 3 is 2.50 bits per heavy atom. The standard InChI is InChI=1S/C17H29N3/c1-4-16(18)15-7-5-6-8-17(15)20-11-9-14(10-12-20)13-19(2)3/h5-8,14,16H,4,9-13,18H2,1-3H3/t16-/m1/s1. The van der Waals surface area contributed by atoms with Gasteiger partial charge in [0.1, 0.15) is 0 Å². The fourth-order valence-corrected chi connectivity index (χ4v) is 3.18. The molecule has 0 amide bonds. The van der Waals surface area contributed by atoms with Gasteiger partial charge in [0.15, 0.2) is 0 Å². The lowest BCUT2D eigenvalue weighted by Gasteiger charge is -2.36. The highest BCUT2D eigenvalue weighted by Crippen LogP contribution is 2.30. The second-order valence-electron chi connectivity index (χ2n) is 6.27. The molecule has 0 radical (unpaired) electrons. The van der Waals surface area contributed by atoms with Gasteiger partial charge in [-0.25, -0.2) is 0 Å². The molecule has 1 aliphatic rings. The lowest BCUT2D eigenvalue weighted by atomic mass is 9.94. The summed E-state index contributed by atoms with van der Waals surface area (Å²) in [6.07, 6.45) is 3.57. The van der Waals surface area contributed by atoms with E-state index in [0.717, 1.165) is 25.4 Å². The molecule has 1 atom stereocenters. The zero-order valence-corrected chi connectivity index (χ0v) is 13.2. The molecule has 1 heterocycles. The van der Waals surface area contributed by atoms with Crippen molar-refractivity contribution in [1.82, 2.24) is 4.90 Å². The summed E-state index contributed by atoms with van der Waals surface area (Å²) in [5, 5.41) is 0. The molecule has 1 aromatic rings. The minimum Gasteiger partial charge on any atom is -0.371 e. The number of hydrogen-bond acceptors (Lipinski definition) is 3. The summed E-state index contributed by atoms with van der Waals surface area (Å²) in [6.45, 7) is 5.69. The van der Waals surface area contributed by atoms with Crippen molar-refractivity contribution < 1.29 is 0 Å². The first-order valence-electron chi connectivity index (χ1n) is 7.86. The molecule has 0 bridgehead atoms. The largest absolute Gasteiger partial charge is 0.371 e. The van der Waals surface area contributed by atoms with Crippen molar-refractivity contribution >= 4 is 5.69 Å². The van der Waals surface area contributed by atoms with Gasteiger partial charge >= 0.3 is 0 Å². The molecule has 1 fully saturated rings. The van der Waals surface area contributed by atoms with Crippen molar-refractivity contribution in [1.29, 1.82) is 0 Å². The Balaban J connectivity index is 2.03. The Morgan fingerprint density at radius 1 is 1.25 bits per heavy atom. The first-order chi connectivity index (χ1) is 9.61. The third-order valence-corrected chi connectivity index (χ3v) is 4.35. The van der Waals surface area contributed by atoms with E-state index in [9.17, 15) is 0 Å². The van der Waals surface area contributed by atoms with Crippen molar-refractivity contribution in [2.75, 3.05) is 38.6 Å². The molecule has 0 unspecified atom stereocenters. The maximum absolute atomic E-state index is 6.26. The average molecular weight is 275 g/mol. The van der Waals surface area contributed by atoms with Gasteiger partial charge in [0, 0.05) is 31.4 Å². The maximum atomic E-state index is 6.26. The molecule has 0 aromatic heterocycles. The Kier molecular flexibility index (Phi) is 5.44. The molecule has 1 aliphatic heterocycles. The van der Waals surface area contributed by atoms with Crippen LogP contribution in [0.25, 0.3) is 0 Å². The average Bonchev–Trinajstić information content (AvgIpc) is 2.46. The molecule has 112 valence electrons. The van der Waals surface area contributed by atoms with Crippen molar-refractivity contribution in [2.24, 2.45) is 11.7 Å². The highest BCUT2D eigenvalue weighted by Gasteiger charge is 2.22. The normalized spacial score (nSPS) is 18.6. The van der Waals surface area contributed by atoms with Crippen molar-refractivity contribution in [3.05, 3.63) is 29.8 Å². The summed E-state index contributed by atoms with van der Waals surface area (Å²) >= 11 is 0. The zero-order valence-electron chi connectivity index (χ0n) is 13.2. The van der Waals surface area contributed by atoms with E-state index in [-0.39, 0.29) is 6.04 Å². The molecule has 0 saturated carbocycles. The summed E-state index contributed by atoms with van der Waals surface area (Å²) in [7, 11) is 4.34. The Morgan fingerprint density at radius 2 is 1.90 bits per heavy atom. The van der Waals surface area contributed by atoms with Crippen LogP contribution in [-0.2, 0) is 0 Å². The van der Waals surface area contributed by atoms with Gasteiger partial charge in [0.25, 0.3) is 0 Å². The number of piperidine rings is 1. The molecule has 0 aliphatic carbocycles. The van der Waals surface area contributed by atoms with E-state index in [2.05, 4.69) is 55.1 Å². The number of nitrogens with zero attached hydrogens (tertiary/aromatic N) is 2. The quantitative estimate of drug-likeness (QED) is 0.897. The van der Waals surface area contributed by atoms with E-state index >= 15 is 0 Å². The third kappa shape index (κ3) is 3.74. The smallest absolute Gasteiger partial charge is 0.0414 e. The molecular formula is C17H29N3. The van der Waals surface area contributed by atoms with Gasteiger partial charge in [-0.3, -0.25) is 0 Å². The van der Waals surface area contributed by atoms with Gasteiger partial charge in [0.2, 0.25) is 0 Å². The fraction of sp³-hybridized carbons (Fsp3) is 0.647. The second-order valence-corrected chi connectivity index (χ2v) is 6.27.